The lowest BCUT2D eigenvalue weighted by Gasteiger charge is -2.17. The van der Waals surface area contributed by atoms with Gasteiger partial charge < -0.3 is 11.5 Å². The van der Waals surface area contributed by atoms with E-state index >= 15 is 0 Å². The monoisotopic (exact) mass is 320 g/mol. The molecule has 2 aromatic rings. The molecule has 4 N–H and O–H groups in total. The predicted molar refractivity (Wildman–Crippen MR) is 70.7 cm³/mol. The van der Waals surface area contributed by atoms with E-state index in [1.807, 2.05) is 0 Å². The molecular formula is C14H10F6N2. The Morgan fingerprint density at radius 3 is 1.91 bits per heavy atom. The highest BCUT2D eigenvalue weighted by molar-refractivity contribution is 5.76. The molecule has 0 aromatic heterocycles. The summed E-state index contributed by atoms with van der Waals surface area (Å²) in [6, 6.07) is 5.93. The average Bonchev–Trinajstić information content (AvgIpc) is 2.36. The molecule has 0 fully saturated rings. The SMILES string of the molecule is Nc1ccc(-c2cccc(N)c2C(F)(F)F)cc1C(F)(F)F. The van der Waals surface area contributed by atoms with Gasteiger partial charge in [0.05, 0.1) is 11.1 Å². The summed E-state index contributed by atoms with van der Waals surface area (Å²) in [5.74, 6) is 0. The Morgan fingerprint density at radius 1 is 0.727 bits per heavy atom. The third-order valence-electron chi connectivity index (χ3n) is 3.05. The van der Waals surface area contributed by atoms with Crippen molar-refractivity contribution in [2.45, 2.75) is 12.4 Å². The van der Waals surface area contributed by atoms with Crippen LogP contribution in [0.3, 0.4) is 0 Å². The molecule has 0 spiro atoms. The van der Waals surface area contributed by atoms with Crippen molar-refractivity contribution in [3.8, 4) is 11.1 Å². The molecule has 2 nitrogen and oxygen atoms in total. The van der Waals surface area contributed by atoms with E-state index in [1.54, 1.807) is 0 Å². The number of rotatable bonds is 1. The second kappa shape index (κ2) is 5.11. The van der Waals surface area contributed by atoms with E-state index in [0.29, 0.717) is 6.07 Å². The summed E-state index contributed by atoms with van der Waals surface area (Å²) in [5.41, 5.74) is 6.39. The Morgan fingerprint density at radius 2 is 1.36 bits per heavy atom. The van der Waals surface area contributed by atoms with Crippen LogP contribution >= 0.6 is 0 Å². The fourth-order valence-corrected chi connectivity index (χ4v) is 2.10. The molecule has 118 valence electrons. The summed E-state index contributed by atoms with van der Waals surface area (Å²) >= 11 is 0. The van der Waals surface area contributed by atoms with Gasteiger partial charge in [-0.05, 0) is 29.3 Å². The normalized spacial score (nSPS) is 12.5. The Bertz CT molecular complexity index is 703. The number of nitrogen functional groups attached to an aromatic ring is 2. The predicted octanol–water partition coefficient (Wildman–Crippen LogP) is 4.56. The van der Waals surface area contributed by atoms with Crippen LogP contribution in [0.2, 0.25) is 0 Å². The zero-order valence-corrected chi connectivity index (χ0v) is 10.9. The van der Waals surface area contributed by atoms with Gasteiger partial charge in [-0.3, -0.25) is 0 Å². The Labute approximate surface area is 121 Å². The van der Waals surface area contributed by atoms with Crippen molar-refractivity contribution in [3.63, 3.8) is 0 Å². The highest BCUT2D eigenvalue weighted by Crippen LogP contribution is 2.42. The lowest BCUT2D eigenvalue weighted by molar-refractivity contribution is -0.137. The van der Waals surface area contributed by atoms with Gasteiger partial charge in [-0.1, -0.05) is 18.2 Å². The summed E-state index contributed by atoms with van der Waals surface area (Å²) in [5, 5.41) is 0. The first-order chi connectivity index (χ1) is 10.0. The van der Waals surface area contributed by atoms with Gasteiger partial charge >= 0.3 is 12.4 Å². The Hall–Kier alpha value is -2.38. The van der Waals surface area contributed by atoms with Gasteiger partial charge in [-0.15, -0.1) is 0 Å². The molecule has 0 bridgehead atoms. The topological polar surface area (TPSA) is 52.0 Å². The molecule has 2 aromatic carbocycles. The van der Waals surface area contributed by atoms with Crippen molar-refractivity contribution in [1.82, 2.24) is 0 Å². The average molecular weight is 320 g/mol. The third kappa shape index (κ3) is 2.95. The van der Waals surface area contributed by atoms with Crippen LogP contribution in [-0.4, -0.2) is 0 Å². The van der Waals surface area contributed by atoms with E-state index in [9.17, 15) is 26.3 Å². The maximum Gasteiger partial charge on any atom is 0.418 e. The van der Waals surface area contributed by atoms with Crippen LogP contribution in [0.15, 0.2) is 36.4 Å². The van der Waals surface area contributed by atoms with E-state index in [-0.39, 0.29) is 5.56 Å². The number of hydrogen-bond acceptors (Lipinski definition) is 2. The van der Waals surface area contributed by atoms with E-state index in [0.717, 1.165) is 24.3 Å². The van der Waals surface area contributed by atoms with Gasteiger partial charge in [0.15, 0.2) is 0 Å². The van der Waals surface area contributed by atoms with Crippen LogP contribution in [0.4, 0.5) is 37.7 Å². The summed E-state index contributed by atoms with van der Waals surface area (Å²) < 4.78 is 77.7. The van der Waals surface area contributed by atoms with E-state index in [2.05, 4.69) is 0 Å². The summed E-state index contributed by atoms with van der Waals surface area (Å²) in [6.45, 7) is 0. The van der Waals surface area contributed by atoms with Gasteiger partial charge in [-0.25, -0.2) is 0 Å². The van der Waals surface area contributed by atoms with Gasteiger partial charge in [0.2, 0.25) is 0 Å². The molecule has 0 heterocycles. The number of halogens is 6. The number of anilines is 2. The fourth-order valence-electron chi connectivity index (χ4n) is 2.10. The molecule has 0 aliphatic heterocycles. The van der Waals surface area contributed by atoms with Crippen LogP contribution in [-0.2, 0) is 12.4 Å². The molecule has 0 atom stereocenters. The zero-order valence-electron chi connectivity index (χ0n) is 10.9. The number of nitrogens with two attached hydrogens (primary N) is 2. The van der Waals surface area contributed by atoms with Crippen LogP contribution in [0.5, 0.6) is 0 Å². The van der Waals surface area contributed by atoms with Gasteiger partial charge in [-0.2, -0.15) is 26.3 Å². The van der Waals surface area contributed by atoms with Crippen LogP contribution < -0.4 is 11.5 Å². The Kier molecular flexibility index (Phi) is 3.72. The molecule has 0 saturated heterocycles. The van der Waals surface area contributed by atoms with Crippen molar-refractivity contribution in [2.24, 2.45) is 0 Å². The minimum atomic E-state index is -4.79. The molecule has 0 unspecified atom stereocenters. The van der Waals surface area contributed by atoms with E-state index in [1.165, 1.54) is 6.07 Å². The molecule has 0 radical (unpaired) electrons. The summed E-state index contributed by atoms with van der Waals surface area (Å²) in [7, 11) is 0. The van der Waals surface area contributed by atoms with Crippen LogP contribution in [0.1, 0.15) is 11.1 Å². The van der Waals surface area contributed by atoms with Crippen molar-refractivity contribution in [3.05, 3.63) is 47.5 Å². The molecule has 2 rings (SSSR count). The lowest BCUT2D eigenvalue weighted by Crippen LogP contribution is -2.12. The molecule has 22 heavy (non-hydrogen) atoms. The van der Waals surface area contributed by atoms with Crippen molar-refractivity contribution < 1.29 is 26.3 Å². The Balaban J connectivity index is 2.71. The molecular weight excluding hydrogens is 310 g/mol. The quantitative estimate of drug-likeness (QED) is 0.598. The first-order valence-corrected chi connectivity index (χ1v) is 5.94. The highest BCUT2D eigenvalue weighted by atomic mass is 19.4. The first-order valence-electron chi connectivity index (χ1n) is 5.94. The fraction of sp³-hybridized carbons (Fsp3) is 0.143. The number of benzene rings is 2. The maximum absolute atomic E-state index is 13.1. The lowest BCUT2D eigenvalue weighted by atomic mass is 9.95. The zero-order chi connectivity index (χ0) is 16.7. The minimum absolute atomic E-state index is 0.263. The molecule has 8 heteroatoms. The second-order valence-electron chi connectivity index (χ2n) is 4.57. The minimum Gasteiger partial charge on any atom is -0.398 e. The smallest absolute Gasteiger partial charge is 0.398 e. The summed E-state index contributed by atoms with van der Waals surface area (Å²) in [4.78, 5) is 0. The third-order valence-corrected chi connectivity index (χ3v) is 3.05. The van der Waals surface area contributed by atoms with E-state index < -0.39 is 40.4 Å². The standard InChI is InChI=1S/C14H10F6N2/c15-13(16,17)9-6-7(4-5-10(9)21)8-2-1-3-11(22)12(8)14(18,19)20/h1-6H,21-22H2. The maximum atomic E-state index is 13.1. The van der Waals surface area contributed by atoms with Gasteiger partial charge in [0.25, 0.3) is 0 Å². The molecule has 0 aliphatic carbocycles. The number of hydrogen-bond donors (Lipinski definition) is 2. The van der Waals surface area contributed by atoms with Crippen molar-refractivity contribution >= 4 is 11.4 Å². The van der Waals surface area contributed by atoms with Crippen molar-refractivity contribution in [1.29, 1.82) is 0 Å². The second-order valence-corrected chi connectivity index (χ2v) is 4.57. The van der Waals surface area contributed by atoms with Gasteiger partial charge in [0.1, 0.15) is 0 Å². The van der Waals surface area contributed by atoms with E-state index in [4.69, 9.17) is 11.5 Å². The number of alkyl halides is 6. The molecule has 0 saturated carbocycles. The van der Waals surface area contributed by atoms with Gasteiger partial charge in [0, 0.05) is 11.4 Å². The van der Waals surface area contributed by atoms with Crippen molar-refractivity contribution in [2.75, 3.05) is 11.5 Å². The first kappa shape index (κ1) is 16.0. The van der Waals surface area contributed by atoms with Crippen LogP contribution in [0, 0.1) is 0 Å². The van der Waals surface area contributed by atoms with Crippen LogP contribution in [0.25, 0.3) is 11.1 Å². The molecule has 0 amide bonds. The molecule has 0 aliphatic rings. The summed E-state index contributed by atoms with van der Waals surface area (Å²) in [6.07, 6.45) is -9.56. The largest absolute Gasteiger partial charge is 0.418 e. The highest BCUT2D eigenvalue weighted by Gasteiger charge is 2.37.